The highest BCUT2D eigenvalue weighted by Gasteiger charge is 2.21. The van der Waals surface area contributed by atoms with E-state index in [1.807, 2.05) is 0 Å². The van der Waals surface area contributed by atoms with E-state index in [1.165, 1.54) is 0 Å². The van der Waals surface area contributed by atoms with Crippen LogP contribution in [-0.4, -0.2) is 31.2 Å². The van der Waals surface area contributed by atoms with Gasteiger partial charge in [0.1, 0.15) is 6.61 Å². The van der Waals surface area contributed by atoms with Crippen LogP contribution in [0.25, 0.3) is 0 Å². The summed E-state index contributed by atoms with van der Waals surface area (Å²) < 4.78 is 5.70. The number of nitrogens with one attached hydrogen (secondary N) is 2. The summed E-state index contributed by atoms with van der Waals surface area (Å²) in [5.74, 6) is -0.119. The first-order chi connectivity index (χ1) is 10.2. The highest BCUT2D eigenvalue weighted by Crippen LogP contribution is 2.21. The quantitative estimate of drug-likeness (QED) is 0.848. The molecule has 1 aliphatic rings. The van der Waals surface area contributed by atoms with Gasteiger partial charge in [-0.05, 0) is 56.5 Å². The Morgan fingerprint density at radius 2 is 1.90 bits per heavy atom. The normalized spacial score (nSPS) is 22.0. The van der Waals surface area contributed by atoms with Crippen LogP contribution in [-0.2, 0) is 9.53 Å². The maximum absolute atomic E-state index is 11.8. The van der Waals surface area contributed by atoms with Gasteiger partial charge in [-0.25, -0.2) is 0 Å². The van der Waals surface area contributed by atoms with Gasteiger partial charge < -0.3 is 15.4 Å². The van der Waals surface area contributed by atoms with Gasteiger partial charge in [0.05, 0.1) is 6.10 Å². The fourth-order valence-corrected chi connectivity index (χ4v) is 2.77. The first kappa shape index (κ1) is 16.3. The molecule has 0 saturated heterocycles. The van der Waals surface area contributed by atoms with E-state index in [-0.39, 0.29) is 18.6 Å². The predicted octanol–water partition coefficient (Wildman–Crippen LogP) is 3.22. The Balaban J connectivity index is 1.66. The Kier molecular flexibility index (Phi) is 6.49. The number of hydrogen-bond acceptors (Lipinski definition) is 3. The molecule has 1 aliphatic carbocycles. The third-order valence-electron chi connectivity index (χ3n) is 3.75. The summed E-state index contributed by atoms with van der Waals surface area (Å²) in [7, 11) is 0. The SMILES string of the molecule is CCNC1CCC(OCC(=O)Nc2ccc(Cl)cc2)CC1. The van der Waals surface area contributed by atoms with Crippen LogP contribution < -0.4 is 10.6 Å². The molecule has 0 heterocycles. The average Bonchev–Trinajstić information content (AvgIpc) is 2.49. The van der Waals surface area contributed by atoms with Gasteiger partial charge in [-0.15, -0.1) is 0 Å². The summed E-state index contributed by atoms with van der Waals surface area (Å²) >= 11 is 5.80. The molecule has 0 spiro atoms. The zero-order chi connectivity index (χ0) is 15.1. The third-order valence-corrected chi connectivity index (χ3v) is 4.00. The summed E-state index contributed by atoms with van der Waals surface area (Å²) in [6.07, 6.45) is 4.49. The van der Waals surface area contributed by atoms with Crippen LogP contribution in [0.15, 0.2) is 24.3 Å². The van der Waals surface area contributed by atoms with Crippen LogP contribution in [0.2, 0.25) is 5.02 Å². The summed E-state index contributed by atoms with van der Waals surface area (Å²) in [6, 6.07) is 7.67. The first-order valence-corrected chi connectivity index (χ1v) is 7.95. The molecule has 5 heteroatoms. The van der Waals surface area contributed by atoms with Gasteiger partial charge in [-0.3, -0.25) is 4.79 Å². The second-order valence-electron chi connectivity index (χ2n) is 5.40. The fourth-order valence-electron chi connectivity index (χ4n) is 2.65. The molecule has 1 saturated carbocycles. The van der Waals surface area contributed by atoms with Crippen LogP contribution in [0.1, 0.15) is 32.6 Å². The van der Waals surface area contributed by atoms with Crippen molar-refractivity contribution in [1.82, 2.24) is 5.32 Å². The van der Waals surface area contributed by atoms with E-state index in [9.17, 15) is 4.79 Å². The number of benzene rings is 1. The molecule has 1 aromatic carbocycles. The third kappa shape index (κ3) is 5.65. The molecule has 116 valence electrons. The Morgan fingerprint density at radius 1 is 1.24 bits per heavy atom. The van der Waals surface area contributed by atoms with E-state index in [4.69, 9.17) is 16.3 Å². The van der Waals surface area contributed by atoms with E-state index in [2.05, 4.69) is 17.6 Å². The Bertz CT molecular complexity index is 442. The molecule has 2 N–H and O–H groups in total. The van der Waals surface area contributed by atoms with Crippen molar-refractivity contribution in [2.75, 3.05) is 18.5 Å². The Hall–Kier alpha value is -1.10. The molecule has 0 atom stereocenters. The number of ether oxygens (including phenoxy) is 1. The number of halogens is 1. The van der Waals surface area contributed by atoms with E-state index in [1.54, 1.807) is 24.3 Å². The average molecular weight is 311 g/mol. The molecule has 1 fully saturated rings. The van der Waals surface area contributed by atoms with Crippen molar-refractivity contribution in [1.29, 1.82) is 0 Å². The molecular formula is C16H23ClN2O2. The van der Waals surface area contributed by atoms with E-state index in [0.717, 1.165) is 37.9 Å². The molecule has 2 rings (SSSR count). The molecule has 0 unspecified atom stereocenters. The van der Waals surface area contributed by atoms with Crippen LogP contribution in [0.3, 0.4) is 0 Å². The molecule has 1 aromatic rings. The number of carbonyl (C=O) groups is 1. The minimum Gasteiger partial charge on any atom is -0.368 e. The Labute approximate surface area is 131 Å². The largest absolute Gasteiger partial charge is 0.368 e. The van der Waals surface area contributed by atoms with Crippen LogP contribution in [0, 0.1) is 0 Å². The number of amides is 1. The second kappa shape index (κ2) is 8.37. The molecular weight excluding hydrogens is 288 g/mol. The maximum atomic E-state index is 11.8. The lowest BCUT2D eigenvalue weighted by molar-refractivity contribution is -0.123. The van der Waals surface area contributed by atoms with E-state index >= 15 is 0 Å². The van der Waals surface area contributed by atoms with Crippen molar-refractivity contribution in [3.05, 3.63) is 29.3 Å². The number of carbonyl (C=O) groups excluding carboxylic acids is 1. The smallest absolute Gasteiger partial charge is 0.250 e. The molecule has 0 aromatic heterocycles. The van der Waals surface area contributed by atoms with Crippen molar-refractivity contribution in [3.8, 4) is 0 Å². The molecule has 21 heavy (non-hydrogen) atoms. The maximum Gasteiger partial charge on any atom is 0.250 e. The van der Waals surface area contributed by atoms with E-state index < -0.39 is 0 Å². The van der Waals surface area contributed by atoms with Gasteiger partial charge in [-0.2, -0.15) is 0 Å². The topological polar surface area (TPSA) is 50.4 Å². The monoisotopic (exact) mass is 310 g/mol. The first-order valence-electron chi connectivity index (χ1n) is 7.57. The zero-order valence-corrected chi connectivity index (χ0v) is 13.2. The number of anilines is 1. The summed E-state index contributed by atoms with van der Waals surface area (Å²) in [4.78, 5) is 11.8. The lowest BCUT2D eigenvalue weighted by atomic mass is 9.93. The zero-order valence-electron chi connectivity index (χ0n) is 12.4. The van der Waals surface area contributed by atoms with E-state index in [0.29, 0.717) is 11.1 Å². The summed E-state index contributed by atoms with van der Waals surface area (Å²) in [6.45, 7) is 3.25. The number of hydrogen-bond donors (Lipinski definition) is 2. The van der Waals surface area contributed by atoms with Crippen molar-refractivity contribution in [2.24, 2.45) is 0 Å². The van der Waals surface area contributed by atoms with Gasteiger partial charge >= 0.3 is 0 Å². The van der Waals surface area contributed by atoms with Gasteiger partial charge in [0.25, 0.3) is 0 Å². The lowest BCUT2D eigenvalue weighted by Crippen LogP contribution is -2.36. The highest BCUT2D eigenvalue weighted by molar-refractivity contribution is 6.30. The molecule has 0 aliphatic heterocycles. The molecule has 0 bridgehead atoms. The predicted molar refractivity (Wildman–Crippen MR) is 85.8 cm³/mol. The summed E-state index contributed by atoms with van der Waals surface area (Å²) in [5, 5.41) is 6.92. The minimum absolute atomic E-state index is 0.110. The summed E-state index contributed by atoms with van der Waals surface area (Å²) in [5.41, 5.74) is 0.740. The molecule has 4 nitrogen and oxygen atoms in total. The minimum atomic E-state index is -0.119. The molecule has 1 amide bonds. The van der Waals surface area contributed by atoms with Crippen molar-refractivity contribution in [3.63, 3.8) is 0 Å². The van der Waals surface area contributed by atoms with Crippen molar-refractivity contribution < 1.29 is 9.53 Å². The van der Waals surface area contributed by atoms with Crippen molar-refractivity contribution in [2.45, 2.75) is 44.8 Å². The van der Waals surface area contributed by atoms with Gasteiger partial charge in [0.2, 0.25) is 5.91 Å². The fraction of sp³-hybridized carbons (Fsp3) is 0.562. The van der Waals surface area contributed by atoms with Crippen LogP contribution in [0.5, 0.6) is 0 Å². The second-order valence-corrected chi connectivity index (χ2v) is 5.83. The Morgan fingerprint density at radius 3 is 2.52 bits per heavy atom. The molecule has 0 radical (unpaired) electrons. The van der Waals surface area contributed by atoms with Gasteiger partial charge in [0.15, 0.2) is 0 Å². The van der Waals surface area contributed by atoms with Crippen molar-refractivity contribution >= 4 is 23.2 Å². The lowest BCUT2D eigenvalue weighted by Gasteiger charge is -2.28. The number of rotatable bonds is 6. The van der Waals surface area contributed by atoms with Crippen LogP contribution >= 0.6 is 11.6 Å². The highest BCUT2D eigenvalue weighted by atomic mass is 35.5. The van der Waals surface area contributed by atoms with Gasteiger partial charge in [-0.1, -0.05) is 18.5 Å². The van der Waals surface area contributed by atoms with Gasteiger partial charge in [0, 0.05) is 16.8 Å². The van der Waals surface area contributed by atoms with Crippen LogP contribution in [0.4, 0.5) is 5.69 Å². The standard InChI is InChI=1S/C16H23ClN2O2/c1-2-18-13-7-9-15(10-8-13)21-11-16(20)19-14-5-3-12(17)4-6-14/h3-6,13,15,18H,2,7-11H2,1H3,(H,19,20).